The van der Waals surface area contributed by atoms with Gasteiger partial charge in [0.1, 0.15) is 5.75 Å². The van der Waals surface area contributed by atoms with Crippen molar-refractivity contribution >= 4 is 5.97 Å². The summed E-state index contributed by atoms with van der Waals surface area (Å²) in [4.78, 5) is 11.2. The zero-order chi connectivity index (χ0) is 10.7. The lowest BCUT2D eigenvalue weighted by Gasteiger charge is -2.11. The van der Waals surface area contributed by atoms with E-state index < -0.39 is 5.92 Å². The Kier molecular flexibility index (Phi) is 3.12. The van der Waals surface area contributed by atoms with E-state index >= 15 is 0 Å². The Morgan fingerprint density at radius 1 is 1.50 bits per heavy atom. The molecule has 1 aromatic rings. The Balaban J connectivity index is 3.05. The van der Waals surface area contributed by atoms with Gasteiger partial charge in [-0.25, -0.2) is 0 Å². The van der Waals surface area contributed by atoms with Gasteiger partial charge in [-0.1, -0.05) is 17.7 Å². The third kappa shape index (κ3) is 2.05. The molecule has 3 nitrogen and oxygen atoms in total. The predicted molar refractivity (Wildman–Crippen MR) is 53.3 cm³/mol. The van der Waals surface area contributed by atoms with Crippen LogP contribution in [0.3, 0.4) is 0 Å². The van der Waals surface area contributed by atoms with Gasteiger partial charge in [-0.15, -0.1) is 0 Å². The normalized spacial score (nSPS) is 12.2. The average Bonchev–Trinajstić information content (AvgIpc) is 2.19. The van der Waals surface area contributed by atoms with Gasteiger partial charge in [0.15, 0.2) is 0 Å². The lowest BCUT2D eigenvalue weighted by Crippen LogP contribution is -2.11. The van der Waals surface area contributed by atoms with Gasteiger partial charge >= 0.3 is 5.97 Å². The number of hydrogen-bond donors (Lipinski definition) is 1. The minimum absolute atomic E-state index is 0.133. The predicted octanol–water partition coefficient (Wildman–Crippen LogP) is 1.98. The topological polar surface area (TPSA) is 46.5 Å². The Hall–Kier alpha value is -1.51. The Morgan fingerprint density at radius 2 is 2.14 bits per heavy atom. The molecule has 0 fully saturated rings. The van der Waals surface area contributed by atoms with Gasteiger partial charge in [0, 0.05) is 5.56 Å². The van der Waals surface area contributed by atoms with Crippen molar-refractivity contribution in [1.82, 2.24) is 0 Å². The molecule has 0 aromatic heterocycles. The van der Waals surface area contributed by atoms with Crippen LogP contribution in [0.25, 0.3) is 0 Å². The van der Waals surface area contributed by atoms with Gasteiger partial charge in [-0.3, -0.25) is 4.79 Å². The standard InChI is InChI=1S/C11H14O3/c1-7-4-5-10(12)9(6-7)8(2)11(13)14-3/h4-6,8,12H,1-3H3. The molecule has 0 aliphatic carbocycles. The fourth-order valence-corrected chi connectivity index (χ4v) is 1.32. The van der Waals surface area contributed by atoms with Crippen LogP contribution >= 0.6 is 0 Å². The van der Waals surface area contributed by atoms with Gasteiger partial charge < -0.3 is 9.84 Å². The average molecular weight is 194 g/mol. The number of carbonyl (C=O) groups excluding carboxylic acids is 1. The summed E-state index contributed by atoms with van der Waals surface area (Å²) in [5, 5.41) is 9.54. The van der Waals surface area contributed by atoms with Crippen molar-refractivity contribution in [1.29, 1.82) is 0 Å². The van der Waals surface area contributed by atoms with Crippen LogP contribution in [-0.2, 0) is 9.53 Å². The van der Waals surface area contributed by atoms with Crippen LogP contribution in [-0.4, -0.2) is 18.2 Å². The molecule has 1 unspecified atom stereocenters. The number of esters is 1. The molecular formula is C11H14O3. The van der Waals surface area contributed by atoms with Crippen LogP contribution in [0.15, 0.2) is 18.2 Å². The SMILES string of the molecule is COC(=O)C(C)c1cc(C)ccc1O. The van der Waals surface area contributed by atoms with Gasteiger partial charge in [0.2, 0.25) is 0 Å². The molecule has 76 valence electrons. The Labute approximate surface area is 83.3 Å². The molecule has 1 atom stereocenters. The summed E-state index contributed by atoms with van der Waals surface area (Å²) in [7, 11) is 1.34. The minimum atomic E-state index is -0.431. The van der Waals surface area contributed by atoms with Crippen molar-refractivity contribution in [3.63, 3.8) is 0 Å². The fourth-order valence-electron chi connectivity index (χ4n) is 1.32. The number of phenols is 1. The maximum atomic E-state index is 11.2. The van der Waals surface area contributed by atoms with Crippen molar-refractivity contribution in [3.8, 4) is 5.75 Å². The van der Waals surface area contributed by atoms with Crippen LogP contribution in [0.4, 0.5) is 0 Å². The second kappa shape index (κ2) is 4.13. The smallest absolute Gasteiger partial charge is 0.312 e. The molecule has 0 bridgehead atoms. The first-order valence-corrected chi connectivity index (χ1v) is 4.43. The van der Waals surface area contributed by atoms with Crippen LogP contribution in [0, 0.1) is 6.92 Å². The summed E-state index contributed by atoms with van der Waals surface area (Å²) < 4.78 is 4.61. The number of methoxy groups -OCH3 is 1. The molecule has 0 spiro atoms. The van der Waals surface area contributed by atoms with E-state index in [0.717, 1.165) is 5.56 Å². The number of ether oxygens (including phenoxy) is 1. The monoisotopic (exact) mass is 194 g/mol. The number of rotatable bonds is 2. The number of carbonyl (C=O) groups is 1. The van der Waals surface area contributed by atoms with E-state index in [4.69, 9.17) is 0 Å². The molecule has 0 heterocycles. The van der Waals surface area contributed by atoms with E-state index in [1.807, 2.05) is 6.92 Å². The Morgan fingerprint density at radius 3 is 2.71 bits per heavy atom. The lowest BCUT2D eigenvalue weighted by atomic mass is 9.98. The highest BCUT2D eigenvalue weighted by molar-refractivity contribution is 5.78. The van der Waals surface area contributed by atoms with Crippen LogP contribution < -0.4 is 0 Å². The van der Waals surface area contributed by atoms with E-state index in [-0.39, 0.29) is 11.7 Å². The highest BCUT2D eigenvalue weighted by atomic mass is 16.5. The number of benzene rings is 1. The largest absolute Gasteiger partial charge is 0.508 e. The number of aromatic hydroxyl groups is 1. The lowest BCUT2D eigenvalue weighted by molar-refractivity contribution is -0.142. The molecule has 0 saturated heterocycles. The van der Waals surface area contributed by atoms with Crippen molar-refractivity contribution in [2.45, 2.75) is 19.8 Å². The molecule has 3 heteroatoms. The third-order valence-electron chi connectivity index (χ3n) is 2.20. The maximum absolute atomic E-state index is 11.2. The number of hydrogen-bond acceptors (Lipinski definition) is 3. The summed E-state index contributed by atoms with van der Waals surface area (Å²) in [6.07, 6.45) is 0. The maximum Gasteiger partial charge on any atom is 0.312 e. The quantitative estimate of drug-likeness (QED) is 0.732. The summed E-state index contributed by atoms with van der Waals surface area (Å²) in [6, 6.07) is 5.17. The number of aryl methyl sites for hydroxylation is 1. The molecule has 1 N–H and O–H groups in total. The highest BCUT2D eigenvalue weighted by Gasteiger charge is 2.18. The molecule has 0 aliphatic rings. The van der Waals surface area contributed by atoms with E-state index in [2.05, 4.69) is 4.74 Å². The van der Waals surface area contributed by atoms with Crippen LogP contribution in [0.1, 0.15) is 24.0 Å². The van der Waals surface area contributed by atoms with Crippen molar-refractivity contribution < 1.29 is 14.6 Å². The summed E-state index contributed by atoms with van der Waals surface area (Å²) in [6.45, 7) is 3.62. The molecule has 14 heavy (non-hydrogen) atoms. The first-order chi connectivity index (χ1) is 6.56. The van der Waals surface area contributed by atoms with Gasteiger partial charge in [0.25, 0.3) is 0 Å². The molecule has 0 amide bonds. The Bertz CT molecular complexity index is 344. The molecule has 0 saturated carbocycles. The van der Waals surface area contributed by atoms with E-state index in [9.17, 15) is 9.90 Å². The van der Waals surface area contributed by atoms with Crippen LogP contribution in [0.2, 0.25) is 0 Å². The fraction of sp³-hybridized carbons (Fsp3) is 0.364. The molecule has 1 rings (SSSR count). The number of phenolic OH excluding ortho intramolecular Hbond substituents is 1. The third-order valence-corrected chi connectivity index (χ3v) is 2.20. The summed E-state index contributed by atoms with van der Waals surface area (Å²) >= 11 is 0. The zero-order valence-corrected chi connectivity index (χ0v) is 8.57. The van der Waals surface area contributed by atoms with Crippen molar-refractivity contribution in [3.05, 3.63) is 29.3 Å². The minimum Gasteiger partial charge on any atom is -0.508 e. The summed E-state index contributed by atoms with van der Waals surface area (Å²) in [5.41, 5.74) is 1.62. The second-order valence-corrected chi connectivity index (χ2v) is 3.31. The van der Waals surface area contributed by atoms with Gasteiger partial charge in [0.05, 0.1) is 13.0 Å². The van der Waals surface area contributed by atoms with E-state index in [0.29, 0.717) is 5.56 Å². The summed E-state index contributed by atoms with van der Waals surface area (Å²) in [5.74, 6) is -0.640. The van der Waals surface area contributed by atoms with E-state index in [1.54, 1.807) is 25.1 Å². The van der Waals surface area contributed by atoms with Crippen molar-refractivity contribution in [2.24, 2.45) is 0 Å². The zero-order valence-electron chi connectivity index (χ0n) is 8.57. The van der Waals surface area contributed by atoms with E-state index in [1.165, 1.54) is 7.11 Å². The molecular weight excluding hydrogens is 180 g/mol. The van der Waals surface area contributed by atoms with Crippen molar-refractivity contribution in [2.75, 3.05) is 7.11 Å². The molecule has 0 radical (unpaired) electrons. The molecule has 1 aromatic carbocycles. The highest BCUT2D eigenvalue weighted by Crippen LogP contribution is 2.27. The first-order valence-electron chi connectivity index (χ1n) is 4.43. The van der Waals surface area contributed by atoms with Gasteiger partial charge in [-0.2, -0.15) is 0 Å². The molecule has 0 aliphatic heterocycles. The second-order valence-electron chi connectivity index (χ2n) is 3.31. The first kappa shape index (κ1) is 10.6. The van der Waals surface area contributed by atoms with Gasteiger partial charge in [-0.05, 0) is 19.9 Å². The van der Waals surface area contributed by atoms with Crippen LogP contribution in [0.5, 0.6) is 5.75 Å².